The van der Waals surface area contributed by atoms with E-state index >= 15 is 0 Å². The molecule has 106 valence electrons. The van der Waals surface area contributed by atoms with E-state index in [1.165, 1.54) is 0 Å². The second-order valence-electron chi connectivity index (χ2n) is 4.64. The molecular weight excluding hydrogens is 305 g/mol. The number of nitrogens with two attached hydrogens (primary N) is 1. The minimum absolute atomic E-state index is 0.339. The van der Waals surface area contributed by atoms with Crippen LogP contribution in [0.2, 0.25) is 5.02 Å². The second-order valence-corrected chi connectivity index (χ2v) is 5.41. The number of aliphatic imine (C=N–C) groups is 1. The van der Waals surface area contributed by atoms with Crippen molar-refractivity contribution >= 4 is 39.9 Å². The van der Waals surface area contributed by atoms with Crippen LogP contribution in [0.5, 0.6) is 0 Å². The largest absolute Gasteiger partial charge is 0.308 e. The first-order valence-electron chi connectivity index (χ1n) is 6.47. The summed E-state index contributed by atoms with van der Waals surface area (Å²) in [6, 6.07) is 17.1. The fourth-order valence-electron chi connectivity index (χ4n) is 2.20. The fourth-order valence-corrected chi connectivity index (χ4v) is 2.63. The van der Waals surface area contributed by atoms with Crippen molar-refractivity contribution in [3.8, 4) is 0 Å². The predicted octanol–water partition coefficient (Wildman–Crippen LogP) is 4.08. The maximum atomic E-state index is 6.32. The zero-order valence-electron chi connectivity index (χ0n) is 11.1. The summed E-state index contributed by atoms with van der Waals surface area (Å²) in [5, 5.41) is 1.00. The quantitative estimate of drug-likeness (QED) is 0.848. The Kier molecular flexibility index (Phi) is 3.97. The molecule has 0 saturated heterocycles. The third-order valence-electron chi connectivity index (χ3n) is 3.21. The van der Waals surface area contributed by atoms with E-state index in [9.17, 15) is 0 Å². The first-order valence-corrected chi connectivity index (χ1v) is 7.22. The first kappa shape index (κ1) is 14.1. The molecule has 1 atom stereocenters. The number of hydrogen-bond donors (Lipinski definition) is 1. The van der Waals surface area contributed by atoms with E-state index in [1.807, 2.05) is 48.5 Å². The van der Waals surface area contributed by atoms with Crippen molar-refractivity contribution in [2.75, 3.05) is 4.90 Å². The summed E-state index contributed by atoms with van der Waals surface area (Å²) in [6.45, 7) is 0. The van der Waals surface area contributed by atoms with E-state index < -0.39 is 0 Å². The molecule has 1 heterocycles. The van der Waals surface area contributed by atoms with Gasteiger partial charge in [0, 0.05) is 16.3 Å². The van der Waals surface area contributed by atoms with E-state index in [-0.39, 0.29) is 6.17 Å². The van der Waals surface area contributed by atoms with Gasteiger partial charge in [0.05, 0.1) is 5.70 Å². The number of halogens is 2. The van der Waals surface area contributed by atoms with Crippen LogP contribution in [-0.4, -0.2) is 11.5 Å². The zero-order chi connectivity index (χ0) is 14.8. The fraction of sp³-hybridized carbons (Fsp3) is 0.0625. The van der Waals surface area contributed by atoms with Gasteiger partial charge in [0.15, 0.2) is 0 Å². The number of nitrogens with zero attached hydrogens (tertiary/aromatic N) is 2. The lowest BCUT2D eigenvalue weighted by molar-refractivity contribution is 0.840. The summed E-state index contributed by atoms with van der Waals surface area (Å²) in [7, 11) is 0. The Balaban J connectivity index is 1.94. The molecule has 0 amide bonds. The Morgan fingerprint density at radius 3 is 2.24 bits per heavy atom. The highest BCUT2D eigenvalue weighted by Gasteiger charge is 2.23. The minimum atomic E-state index is -0.383. The summed E-state index contributed by atoms with van der Waals surface area (Å²) in [5.74, 6) is 0. The van der Waals surface area contributed by atoms with E-state index in [2.05, 4.69) is 4.99 Å². The summed E-state index contributed by atoms with van der Waals surface area (Å²) in [6.07, 6.45) is 1.50. The third-order valence-corrected chi connectivity index (χ3v) is 3.73. The van der Waals surface area contributed by atoms with Crippen LogP contribution in [0, 0.1) is 0 Å². The Bertz CT molecular complexity index is 693. The minimum Gasteiger partial charge on any atom is -0.308 e. The summed E-state index contributed by atoms with van der Waals surface area (Å²) >= 11 is 12.2. The molecule has 2 N–H and O–H groups in total. The van der Waals surface area contributed by atoms with Gasteiger partial charge in [-0.3, -0.25) is 4.90 Å². The third kappa shape index (κ3) is 2.95. The molecule has 0 saturated carbocycles. The lowest BCUT2D eigenvalue weighted by atomic mass is 10.1. The molecule has 21 heavy (non-hydrogen) atoms. The van der Waals surface area contributed by atoms with Gasteiger partial charge in [-0.1, -0.05) is 41.9 Å². The summed E-state index contributed by atoms with van der Waals surface area (Å²) < 4.78 is 0. The van der Waals surface area contributed by atoms with Gasteiger partial charge in [-0.25, -0.2) is 4.99 Å². The maximum absolute atomic E-state index is 6.32. The van der Waals surface area contributed by atoms with Crippen molar-refractivity contribution in [3.63, 3.8) is 0 Å². The average Bonchev–Trinajstić information content (AvgIpc) is 2.49. The number of anilines is 1. The normalized spacial score (nSPS) is 18.2. The Labute approximate surface area is 133 Å². The summed E-state index contributed by atoms with van der Waals surface area (Å²) in [5.41, 5.74) is 8.83. The molecule has 0 spiro atoms. The molecule has 2 aromatic rings. The molecule has 2 aromatic carbocycles. The van der Waals surface area contributed by atoms with Crippen LogP contribution in [0.1, 0.15) is 5.56 Å². The molecule has 5 heteroatoms. The molecule has 1 unspecified atom stereocenters. The van der Waals surface area contributed by atoms with Gasteiger partial charge in [0.2, 0.25) is 5.29 Å². The Morgan fingerprint density at radius 2 is 1.62 bits per heavy atom. The number of benzene rings is 2. The van der Waals surface area contributed by atoms with Crippen molar-refractivity contribution in [2.24, 2.45) is 10.7 Å². The van der Waals surface area contributed by atoms with E-state index in [4.69, 9.17) is 28.9 Å². The van der Waals surface area contributed by atoms with Crippen LogP contribution in [0.4, 0.5) is 5.69 Å². The van der Waals surface area contributed by atoms with Gasteiger partial charge in [-0.2, -0.15) is 0 Å². The van der Waals surface area contributed by atoms with Crippen LogP contribution in [0.25, 0.3) is 5.70 Å². The van der Waals surface area contributed by atoms with Gasteiger partial charge in [-0.05, 0) is 41.9 Å². The summed E-state index contributed by atoms with van der Waals surface area (Å²) in [4.78, 5) is 6.19. The highest BCUT2D eigenvalue weighted by molar-refractivity contribution is 6.68. The van der Waals surface area contributed by atoms with E-state index in [0.717, 1.165) is 16.9 Å². The van der Waals surface area contributed by atoms with Gasteiger partial charge in [0.25, 0.3) is 0 Å². The lowest BCUT2D eigenvalue weighted by Crippen LogP contribution is -2.45. The molecule has 1 aliphatic heterocycles. The highest BCUT2D eigenvalue weighted by atomic mass is 35.5. The molecular formula is C16H13Cl2N3. The van der Waals surface area contributed by atoms with Gasteiger partial charge in [0.1, 0.15) is 6.17 Å². The van der Waals surface area contributed by atoms with Crippen molar-refractivity contribution < 1.29 is 0 Å². The molecule has 0 aromatic heterocycles. The van der Waals surface area contributed by atoms with Crippen molar-refractivity contribution in [1.29, 1.82) is 0 Å². The predicted molar refractivity (Wildman–Crippen MR) is 89.6 cm³/mol. The van der Waals surface area contributed by atoms with E-state index in [1.54, 1.807) is 17.0 Å². The van der Waals surface area contributed by atoms with Crippen LogP contribution >= 0.6 is 23.2 Å². The monoisotopic (exact) mass is 317 g/mol. The van der Waals surface area contributed by atoms with Crippen molar-refractivity contribution in [3.05, 3.63) is 71.3 Å². The number of rotatable bonds is 2. The number of amidine groups is 1. The van der Waals surface area contributed by atoms with Gasteiger partial charge in [-0.15, -0.1) is 0 Å². The van der Waals surface area contributed by atoms with Gasteiger partial charge < -0.3 is 5.73 Å². The van der Waals surface area contributed by atoms with E-state index in [0.29, 0.717) is 10.3 Å². The Hall–Kier alpha value is -1.81. The molecule has 0 aliphatic carbocycles. The second kappa shape index (κ2) is 5.90. The highest BCUT2D eigenvalue weighted by Crippen LogP contribution is 2.27. The van der Waals surface area contributed by atoms with Crippen LogP contribution in [0.15, 0.2) is 65.7 Å². The Morgan fingerprint density at radius 1 is 0.952 bits per heavy atom. The standard InChI is InChI=1S/C16H13Cl2N3/c17-12-6-8-13(9-7-12)21-15(19)10-14(20-16(21)18)11-4-2-1-3-5-11/h1-10,15H,19H2. The molecule has 0 fully saturated rings. The van der Waals surface area contributed by atoms with Crippen molar-refractivity contribution in [1.82, 2.24) is 0 Å². The molecule has 3 nitrogen and oxygen atoms in total. The zero-order valence-corrected chi connectivity index (χ0v) is 12.6. The molecule has 0 bridgehead atoms. The topological polar surface area (TPSA) is 41.6 Å². The number of hydrogen-bond acceptors (Lipinski definition) is 3. The molecule has 1 aliphatic rings. The first-order chi connectivity index (χ1) is 10.1. The van der Waals surface area contributed by atoms with Crippen LogP contribution in [-0.2, 0) is 0 Å². The van der Waals surface area contributed by atoms with Crippen LogP contribution < -0.4 is 10.6 Å². The van der Waals surface area contributed by atoms with Gasteiger partial charge >= 0.3 is 0 Å². The molecule has 3 rings (SSSR count). The van der Waals surface area contributed by atoms with Crippen molar-refractivity contribution in [2.45, 2.75) is 6.17 Å². The van der Waals surface area contributed by atoms with Crippen LogP contribution in [0.3, 0.4) is 0 Å². The average molecular weight is 318 g/mol. The maximum Gasteiger partial charge on any atom is 0.205 e. The molecule has 0 radical (unpaired) electrons. The smallest absolute Gasteiger partial charge is 0.205 e. The SMILES string of the molecule is NC1C=C(c2ccccc2)N=C(Cl)N1c1ccc(Cl)cc1. The lowest BCUT2D eigenvalue weighted by Gasteiger charge is -2.30.